The molecule has 228 valence electrons. The Balaban J connectivity index is 1.65. The number of ether oxygens (including phenoxy) is 4. The van der Waals surface area contributed by atoms with Gasteiger partial charge in [0.05, 0.1) is 54.8 Å². The van der Waals surface area contributed by atoms with E-state index in [-0.39, 0.29) is 23.3 Å². The summed E-state index contributed by atoms with van der Waals surface area (Å²) in [5.41, 5.74) is 1.66. The number of fused-ring (bicyclic) bond motifs is 1. The topological polar surface area (TPSA) is 119 Å². The van der Waals surface area contributed by atoms with Crippen molar-refractivity contribution in [3.05, 3.63) is 101 Å². The monoisotopic (exact) mass is 636 g/mol. The highest BCUT2D eigenvalue weighted by Gasteiger charge is 2.34. The van der Waals surface area contributed by atoms with Crippen molar-refractivity contribution in [2.45, 2.75) is 26.8 Å². The van der Waals surface area contributed by atoms with Crippen molar-refractivity contribution in [2.75, 3.05) is 27.4 Å². The second kappa shape index (κ2) is 12.9. The van der Waals surface area contributed by atoms with Gasteiger partial charge in [0.25, 0.3) is 5.56 Å². The molecule has 0 unspecified atom stereocenters. The molecule has 1 aliphatic rings. The van der Waals surface area contributed by atoms with Crippen LogP contribution in [-0.4, -0.2) is 43.9 Å². The van der Waals surface area contributed by atoms with Gasteiger partial charge < -0.3 is 23.4 Å². The summed E-state index contributed by atoms with van der Waals surface area (Å²) in [6, 6.07) is 12.5. The first-order valence-electron chi connectivity index (χ1n) is 13.7. The lowest BCUT2D eigenvalue weighted by molar-refractivity contribution is -0.139. The van der Waals surface area contributed by atoms with Gasteiger partial charge in [0.15, 0.2) is 16.3 Å². The number of rotatable bonds is 9. The Morgan fingerprint density at radius 1 is 1.05 bits per heavy atom. The summed E-state index contributed by atoms with van der Waals surface area (Å²) in [5.74, 6) is 0.615. The van der Waals surface area contributed by atoms with Crippen LogP contribution in [0.1, 0.15) is 48.5 Å². The molecule has 2 aromatic heterocycles. The van der Waals surface area contributed by atoms with Crippen LogP contribution in [0.5, 0.6) is 11.5 Å². The number of carbonyl (C=O) groups excluding carboxylic acids is 2. The summed E-state index contributed by atoms with van der Waals surface area (Å²) in [7, 11) is 2.83. The van der Waals surface area contributed by atoms with Crippen LogP contribution < -0.4 is 24.4 Å². The predicted octanol–water partition coefficient (Wildman–Crippen LogP) is 4.91. The van der Waals surface area contributed by atoms with E-state index >= 15 is 0 Å². The normalized spacial score (nSPS) is 14.6. The molecule has 44 heavy (non-hydrogen) atoms. The fourth-order valence-electron chi connectivity index (χ4n) is 4.95. The van der Waals surface area contributed by atoms with E-state index in [1.807, 2.05) is 6.92 Å². The maximum absolute atomic E-state index is 14.0. The molecular weight excluding hydrogens is 608 g/mol. The fourth-order valence-corrected chi connectivity index (χ4v) is 6.15. The van der Waals surface area contributed by atoms with Crippen LogP contribution in [-0.2, 0) is 14.3 Å². The molecule has 10 nitrogen and oxygen atoms in total. The van der Waals surface area contributed by atoms with E-state index in [9.17, 15) is 14.4 Å². The first-order valence-corrected chi connectivity index (χ1v) is 14.9. The summed E-state index contributed by atoms with van der Waals surface area (Å²) in [5, 5.41) is 0.415. The molecule has 0 saturated carbocycles. The lowest BCUT2D eigenvalue weighted by Gasteiger charge is -2.25. The molecule has 1 aliphatic heterocycles. The van der Waals surface area contributed by atoms with Crippen LogP contribution in [0.25, 0.3) is 17.4 Å². The van der Waals surface area contributed by atoms with Gasteiger partial charge in [0, 0.05) is 16.7 Å². The minimum Gasteiger partial charge on any atom is -0.493 e. The number of esters is 2. The third-order valence-corrected chi connectivity index (χ3v) is 8.09. The number of hydrogen-bond acceptors (Lipinski definition) is 10. The predicted molar refractivity (Wildman–Crippen MR) is 165 cm³/mol. The van der Waals surface area contributed by atoms with Crippen LogP contribution >= 0.6 is 22.9 Å². The lowest BCUT2D eigenvalue weighted by atomic mass is 9.95. The molecule has 1 atom stereocenters. The number of thiazole rings is 1. The third kappa shape index (κ3) is 5.80. The maximum Gasteiger partial charge on any atom is 0.338 e. The van der Waals surface area contributed by atoms with Gasteiger partial charge in [0.2, 0.25) is 0 Å². The number of carbonyl (C=O) groups is 2. The highest BCUT2D eigenvalue weighted by atomic mass is 35.5. The average Bonchev–Trinajstić information content (AvgIpc) is 3.60. The minimum absolute atomic E-state index is 0.157. The van der Waals surface area contributed by atoms with Crippen molar-refractivity contribution in [1.82, 2.24) is 4.57 Å². The first-order chi connectivity index (χ1) is 21.2. The number of aromatic nitrogens is 1. The Bertz CT molecular complexity index is 1970. The number of halogens is 1. The summed E-state index contributed by atoms with van der Waals surface area (Å²) in [6.07, 6.45) is 1.59. The van der Waals surface area contributed by atoms with E-state index in [1.54, 1.807) is 68.5 Å². The summed E-state index contributed by atoms with van der Waals surface area (Å²) >= 11 is 7.36. The maximum atomic E-state index is 14.0. The molecule has 12 heteroatoms. The van der Waals surface area contributed by atoms with E-state index in [2.05, 4.69) is 4.99 Å². The molecule has 0 saturated heterocycles. The van der Waals surface area contributed by atoms with Gasteiger partial charge in [-0.2, -0.15) is 0 Å². The second-order valence-electron chi connectivity index (χ2n) is 9.53. The van der Waals surface area contributed by atoms with Gasteiger partial charge >= 0.3 is 11.9 Å². The fraction of sp³-hybridized carbons (Fsp3) is 0.250. The standard InChI is InChI=1S/C32H29ClN2O8S/c1-6-41-25-14-18(8-12-24(25)39-4)28-27(31(38)42-7-2)17(3)34-32-35(28)29(36)26(44-32)16-20-10-13-23(43-20)22-15-19(33)9-11-21(22)30(37)40-5/h8-16,28H,6-7H2,1-5H3/b26-16+/t28-/m1/s1. The van der Waals surface area contributed by atoms with Crippen LogP contribution in [0, 0.1) is 0 Å². The Hall–Kier alpha value is -4.61. The summed E-state index contributed by atoms with van der Waals surface area (Å²) < 4.78 is 29.3. The van der Waals surface area contributed by atoms with Crippen molar-refractivity contribution in [1.29, 1.82) is 0 Å². The SMILES string of the molecule is CCOC(=O)C1=C(C)N=c2s/c(=C/c3ccc(-c4cc(Cl)ccc4C(=O)OC)o3)c(=O)n2[C@@H]1c1ccc(OC)c(OCC)c1. The quantitative estimate of drug-likeness (QED) is 0.238. The Kier molecular flexibility index (Phi) is 9.07. The molecule has 2 aromatic carbocycles. The number of benzene rings is 2. The van der Waals surface area contributed by atoms with Crippen molar-refractivity contribution in [3.8, 4) is 22.8 Å². The van der Waals surface area contributed by atoms with Crippen LogP contribution in [0.4, 0.5) is 0 Å². The van der Waals surface area contributed by atoms with Gasteiger partial charge in [-0.05, 0) is 68.8 Å². The number of furan rings is 1. The first kappa shape index (κ1) is 30.8. The van der Waals surface area contributed by atoms with Crippen molar-refractivity contribution < 1.29 is 33.0 Å². The minimum atomic E-state index is -0.834. The van der Waals surface area contributed by atoms with E-state index in [4.69, 9.17) is 35.0 Å². The van der Waals surface area contributed by atoms with E-state index in [0.717, 1.165) is 11.3 Å². The molecule has 0 spiro atoms. The number of nitrogens with zero attached hydrogens (tertiary/aromatic N) is 2. The highest BCUT2D eigenvalue weighted by Crippen LogP contribution is 2.36. The van der Waals surface area contributed by atoms with Crippen molar-refractivity contribution >= 4 is 41.0 Å². The lowest BCUT2D eigenvalue weighted by Crippen LogP contribution is -2.39. The molecule has 0 radical (unpaired) electrons. The molecule has 0 bridgehead atoms. The second-order valence-corrected chi connectivity index (χ2v) is 11.0. The van der Waals surface area contributed by atoms with Gasteiger partial charge in [-0.25, -0.2) is 14.6 Å². The summed E-state index contributed by atoms with van der Waals surface area (Å²) in [4.78, 5) is 44.6. The molecule has 3 heterocycles. The molecule has 0 N–H and O–H groups in total. The number of hydrogen-bond donors (Lipinski definition) is 0. The smallest absolute Gasteiger partial charge is 0.338 e. The van der Waals surface area contributed by atoms with Gasteiger partial charge in [-0.1, -0.05) is 29.0 Å². The van der Waals surface area contributed by atoms with Crippen LogP contribution in [0.3, 0.4) is 0 Å². The molecule has 0 aliphatic carbocycles. The number of methoxy groups -OCH3 is 2. The van der Waals surface area contributed by atoms with Gasteiger partial charge in [-0.3, -0.25) is 9.36 Å². The largest absolute Gasteiger partial charge is 0.493 e. The Labute approximate surface area is 261 Å². The van der Waals surface area contributed by atoms with E-state index in [0.29, 0.717) is 60.8 Å². The van der Waals surface area contributed by atoms with Gasteiger partial charge in [0.1, 0.15) is 11.5 Å². The van der Waals surface area contributed by atoms with Crippen LogP contribution in [0.2, 0.25) is 5.02 Å². The number of allylic oxidation sites excluding steroid dienone is 1. The molecule has 4 aromatic rings. The zero-order valence-electron chi connectivity index (χ0n) is 24.6. The Morgan fingerprint density at radius 2 is 1.84 bits per heavy atom. The van der Waals surface area contributed by atoms with Crippen LogP contribution in [0.15, 0.2) is 74.0 Å². The molecule has 0 fully saturated rings. The molecular formula is C32H29ClN2O8S. The highest BCUT2D eigenvalue weighted by molar-refractivity contribution is 7.07. The third-order valence-electron chi connectivity index (χ3n) is 6.87. The van der Waals surface area contributed by atoms with E-state index in [1.165, 1.54) is 18.8 Å². The molecule has 5 rings (SSSR count). The van der Waals surface area contributed by atoms with Crippen molar-refractivity contribution in [2.24, 2.45) is 4.99 Å². The molecule has 0 amide bonds. The van der Waals surface area contributed by atoms with Crippen molar-refractivity contribution in [3.63, 3.8) is 0 Å². The Morgan fingerprint density at radius 3 is 2.55 bits per heavy atom. The zero-order chi connectivity index (χ0) is 31.5. The average molecular weight is 637 g/mol. The summed E-state index contributed by atoms with van der Waals surface area (Å²) in [6.45, 7) is 5.83. The van der Waals surface area contributed by atoms with Gasteiger partial charge in [-0.15, -0.1) is 0 Å². The zero-order valence-corrected chi connectivity index (χ0v) is 26.2. The van der Waals surface area contributed by atoms with E-state index < -0.39 is 18.0 Å².